The number of nitrogens with zero attached hydrogens (tertiary/aromatic N) is 2. The fourth-order valence-corrected chi connectivity index (χ4v) is 2.19. The first kappa shape index (κ1) is 14.3. The number of carbonyl (C=O) groups is 2. The van der Waals surface area contributed by atoms with Crippen molar-refractivity contribution in [1.29, 1.82) is 0 Å². The second kappa shape index (κ2) is 6.33. The molecule has 7 nitrogen and oxygen atoms in total. The molecule has 1 aromatic heterocycles. The monoisotopic (exact) mass is 278 g/mol. The summed E-state index contributed by atoms with van der Waals surface area (Å²) in [4.78, 5) is 29.2. The van der Waals surface area contributed by atoms with Gasteiger partial charge in [-0.15, -0.1) is 0 Å². The quantitative estimate of drug-likeness (QED) is 0.818. The smallest absolute Gasteiger partial charge is 0.407 e. The lowest BCUT2D eigenvalue weighted by Crippen LogP contribution is -2.38. The van der Waals surface area contributed by atoms with Crippen LogP contribution in [0.5, 0.6) is 0 Å². The van der Waals surface area contributed by atoms with Crippen molar-refractivity contribution in [3.63, 3.8) is 0 Å². The molecular formula is C13H18N4O3. The number of rotatable bonds is 3. The molecule has 2 rings (SSSR count). The van der Waals surface area contributed by atoms with E-state index in [1.54, 1.807) is 23.2 Å². The Labute approximate surface area is 117 Å². The lowest BCUT2D eigenvalue weighted by Gasteiger charge is -2.17. The van der Waals surface area contributed by atoms with Crippen molar-refractivity contribution in [2.24, 2.45) is 5.73 Å². The number of hydrogen-bond acceptors (Lipinski definition) is 5. The van der Waals surface area contributed by atoms with Crippen molar-refractivity contribution in [1.82, 2.24) is 15.2 Å². The average molecular weight is 278 g/mol. The van der Waals surface area contributed by atoms with E-state index in [9.17, 15) is 9.59 Å². The first-order valence-electron chi connectivity index (χ1n) is 6.42. The molecule has 2 heterocycles. The number of likely N-dealkylation sites (tertiary alicyclic amines) is 1. The van der Waals surface area contributed by atoms with E-state index in [-0.39, 0.29) is 11.9 Å². The summed E-state index contributed by atoms with van der Waals surface area (Å²) in [5.41, 5.74) is 6.76. The Bertz CT molecular complexity index is 506. The van der Waals surface area contributed by atoms with Gasteiger partial charge in [-0.1, -0.05) is 0 Å². The van der Waals surface area contributed by atoms with E-state index in [0.717, 1.165) is 6.42 Å². The minimum atomic E-state index is -0.473. The predicted octanol–water partition coefficient (Wildman–Crippen LogP) is 0.111. The third kappa shape index (κ3) is 3.24. The summed E-state index contributed by atoms with van der Waals surface area (Å²) in [7, 11) is 1.32. The molecule has 1 aliphatic heterocycles. The molecule has 3 N–H and O–H groups in total. The second-order valence-corrected chi connectivity index (χ2v) is 4.61. The zero-order chi connectivity index (χ0) is 14.5. The van der Waals surface area contributed by atoms with Gasteiger partial charge in [0.25, 0.3) is 5.91 Å². The molecule has 1 atom stereocenters. The Morgan fingerprint density at radius 1 is 1.60 bits per heavy atom. The van der Waals surface area contributed by atoms with Crippen LogP contribution in [0, 0.1) is 0 Å². The number of aromatic nitrogens is 1. The van der Waals surface area contributed by atoms with E-state index >= 15 is 0 Å². The molecule has 0 radical (unpaired) electrons. The van der Waals surface area contributed by atoms with Crippen molar-refractivity contribution >= 4 is 12.0 Å². The summed E-state index contributed by atoms with van der Waals surface area (Å²) in [5.74, 6) is -0.0729. The highest BCUT2D eigenvalue weighted by atomic mass is 16.5. The van der Waals surface area contributed by atoms with Crippen molar-refractivity contribution < 1.29 is 14.3 Å². The van der Waals surface area contributed by atoms with E-state index in [4.69, 9.17) is 5.73 Å². The average Bonchev–Trinajstić information content (AvgIpc) is 2.94. The Balaban J connectivity index is 1.98. The molecule has 0 aromatic carbocycles. The van der Waals surface area contributed by atoms with E-state index < -0.39 is 6.09 Å². The highest BCUT2D eigenvalue weighted by molar-refractivity contribution is 5.94. The van der Waals surface area contributed by atoms with Crippen LogP contribution in [-0.2, 0) is 11.3 Å². The van der Waals surface area contributed by atoms with Crippen LogP contribution in [0.4, 0.5) is 4.79 Å². The van der Waals surface area contributed by atoms with Crippen LogP contribution in [0.25, 0.3) is 0 Å². The van der Waals surface area contributed by atoms with Gasteiger partial charge in [-0.25, -0.2) is 4.79 Å². The van der Waals surface area contributed by atoms with Crippen LogP contribution in [0.15, 0.2) is 18.3 Å². The Hall–Kier alpha value is -2.15. The van der Waals surface area contributed by atoms with Crippen LogP contribution in [0.2, 0.25) is 0 Å². The Morgan fingerprint density at radius 2 is 2.40 bits per heavy atom. The third-order valence-electron chi connectivity index (χ3n) is 3.26. The van der Waals surface area contributed by atoms with E-state index in [0.29, 0.717) is 30.9 Å². The van der Waals surface area contributed by atoms with Gasteiger partial charge in [0.1, 0.15) is 0 Å². The van der Waals surface area contributed by atoms with Crippen LogP contribution >= 0.6 is 0 Å². The summed E-state index contributed by atoms with van der Waals surface area (Å²) >= 11 is 0. The minimum absolute atomic E-state index is 0.0674. The number of ether oxygens (including phenoxy) is 1. The molecule has 0 spiro atoms. The molecule has 7 heteroatoms. The van der Waals surface area contributed by atoms with Crippen molar-refractivity contribution in [2.45, 2.75) is 19.0 Å². The summed E-state index contributed by atoms with van der Waals surface area (Å²) in [6, 6.07) is 3.30. The van der Waals surface area contributed by atoms with Crippen LogP contribution in [-0.4, -0.2) is 48.1 Å². The standard InChI is InChI=1S/C13H18N4O3/c1-20-13(19)16-10-3-5-17(8-10)12(18)9-2-4-15-11(6-9)7-14/h2,4,6,10H,3,5,7-8,14H2,1H3,(H,16,19). The normalized spacial score (nSPS) is 17.9. The van der Waals surface area contributed by atoms with Gasteiger partial charge in [0.2, 0.25) is 0 Å². The summed E-state index contributed by atoms with van der Waals surface area (Å²) in [6.45, 7) is 1.38. The Kier molecular flexibility index (Phi) is 4.52. The van der Waals surface area contributed by atoms with Gasteiger partial charge in [0, 0.05) is 31.4 Å². The van der Waals surface area contributed by atoms with Crippen LogP contribution < -0.4 is 11.1 Å². The largest absolute Gasteiger partial charge is 0.453 e. The zero-order valence-corrected chi connectivity index (χ0v) is 11.3. The molecule has 1 aromatic rings. The maximum Gasteiger partial charge on any atom is 0.407 e. The summed E-state index contributed by atoms with van der Waals surface area (Å²) < 4.78 is 4.55. The van der Waals surface area contributed by atoms with Crippen molar-refractivity contribution in [3.05, 3.63) is 29.6 Å². The number of methoxy groups -OCH3 is 1. The molecular weight excluding hydrogens is 260 g/mol. The van der Waals surface area contributed by atoms with Gasteiger partial charge in [0.15, 0.2) is 0 Å². The lowest BCUT2D eigenvalue weighted by molar-refractivity contribution is 0.0788. The van der Waals surface area contributed by atoms with E-state index in [2.05, 4.69) is 15.0 Å². The highest BCUT2D eigenvalue weighted by Crippen LogP contribution is 2.14. The molecule has 1 saturated heterocycles. The molecule has 108 valence electrons. The first-order chi connectivity index (χ1) is 9.63. The number of nitrogens with one attached hydrogen (secondary N) is 1. The zero-order valence-electron chi connectivity index (χ0n) is 11.3. The molecule has 0 aliphatic carbocycles. The topological polar surface area (TPSA) is 97.5 Å². The second-order valence-electron chi connectivity index (χ2n) is 4.61. The fraction of sp³-hybridized carbons (Fsp3) is 0.462. The molecule has 1 aliphatic rings. The van der Waals surface area contributed by atoms with Gasteiger partial charge in [-0.3, -0.25) is 9.78 Å². The molecule has 2 amide bonds. The SMILES string of the molecule is COC(=O)NC1CCN(C(=O)c2ccnc(CN)c2)C1. The summed E-state index contributed by atoms with van der Waals surface area (Å²) in [6.07, 6.45) is 1.82. The number of hydrogen-bond donors (Lipinski definition) is 2. The van der Waals surface area contributed by atoms with Crippen LogP contribution in [0.1, 0.15) is 22.5 Å². The van der Waals surface area contributed by atoms with Gasteiger partial charge >= 0.3 is 6.09 Å². The lowest BCUT2D eigenvalue weighted by atomic mass is 10.2. The van der Waals surface area contributed by atoms with Gasteiger partial charge in [-0.2, -0.15) is 0 Å². The third-order valence-corrected chi connectivity index (χ3v) is 3.26. The minimum Gasteiger partial charge on any atom is -0.453 e. The molecule has 0 saturated carbocycles. The number of pyridine rings is 1. The Morgan fingerprint density at radius 3 is 3.10 bits per heavy atom. The molecule has 1 unspecified atom stereocenters. The van der Waals surface area contributed by atoms with Crippen LogP contribution in [0.3, 0.4) is 0 Å². The van der Waals surface area contributed by atoms with Crippen molar-refractivity contribution in [2.75, 3.05) is 20.2 Å². The van der Waals surface area contributed by atoms with E-state index in [1.807, 2.05) is 0 Å². The maximum atomic E-state index is 12.3. The highest BCUT2D eigenvalue weighted by Gasteiger charge is 2.28. The molecule has 1 fully saturated rings. The fourth-order valence-electron chi connectivity index (χ4n) is 2.19. The van der Waals surface area contributed by atoms with Gasteiger partial charge in [-0.05, 0) is 18.6 Å². The predicted molar refractivity (Wildman–Crippen MR) is 72.0 cm³/mol. The maximum absolute atomic E-state index is 12.3. The van der Waals surface area contributed by atoms with Gasteiger partial charge in [0.05, 0.1) is 18.8 Å². The first-order valence-corrected chi connectivity index (χ1v) is 6.42. The van der Waals surface area contributed by atoms with Gasteiger partial charge < -0.3 is 20.7 Å². The molecule has 0 bridgehead atoms. The number of amides is 2. The van der Waals surface area contributed by atoms with Crippen molar-refractivity contribution in [3.8, 4) is 0 Å². The summed E-state index contributed by atoms with van der Waals surface area (Å²) in [5, 5.41) is 2.70. The number of carbonyl (C=O) groups excluding carboxylic acids is 2. The number of alkyl carbamates (subject to hydrolysis) is 1. The molecule has 20 heavy (non-hydrogen) atoms. The number of nitrogens with two attached hydrogens (primary N) is 1. The van der Waals surface area contributed by atoms with E-state index in [1.165, 1.54) is 7.11 Å².